The lowest BCUT2D eigenvalue weighted by atomic mass is 10.2. The van der Waals surface area contributed by atoms with Crippen LogP contribution < -0.4 is 10.6 Å². The van der Waals surface area contributed by atoms with E-state index in [1.807, 2.05) is 18.4 Å². The van der Waals surface area contributed by atoms with Crippen LogP contribution in [0.3, 0.4) is 0 Å². The summed E-state index contributed by atoms with van der Waals surface area (Å²) >= 11 is 3.62. The Morgan fingerprint density at radius 2 is 2.07 bits per heavy atom. The number of aryl methyl sites for hydroxylation is 2. The number of nitrogens with zero attached hydrogens (tertiary/aromatic N) is 3. The van der Waals surface area contributed by atoms with Crippen molar-refractivity contribution in [2.24, 2.45) is 4.99 Å². The van der Waals surface area contributed by atoms with Crippen LogP contribution in [0.25, 0.3) is 0 Å². The van der Waals surface area contributed by atoms with Crippen molar-refractivity contribution in [3.8, 4) is 0 Å². The largest absolute Gasteiger partial charge is 0.356 e. The van der Waals surface area contributed by atoms with Crippen LogP contribution in [0.15, 0.2) is 27.9 Å². The van der Waals surface area contributed by atoms with E-state index in [-0.39, 0.29) is 24.0 Å². The first-order chi connectivity index (χ1) is 13.3. The molecule has 1 unspecified atom stereocenters. The van der Waals surface area contributed by atoms with Crippen LogP contribution in [-0.4, -0.2) is 49.1 Å². The molecule has 1 atom stereocenters. The van der Waals surface area contributed by atoms with Gasteiger partial charge in [0, 0.05) is 36.1 Å². The minimum Gasteiger partial charge on any atom is -0.356 e. The molecule has 5 nitrogen and oxygen atoms in total. The molecule has 1 saturated heterocycles. The smallest absolute Gasteiger partial charge is 0.191 e. The van der Waals surface area contributed by atoms with Crippen molar-refractivity contribution in [1.29, 1.82) is 0 Å². The van der Waals surface area contributed by atoms with Crippen molar-refractivity contribution in [3.63, 3.8) is 0 Å². The molecule has 0 spiro atoms. The van der Waals surface area contributed by atoms with E-state index in [4.69, 9.17) is 0 Å². The molecule has 28 heavy (non-hydrogen) atoms. The van der Waals surface area contributed by atoms with E-state index < -0.39 is 0 Å². The highest BCUT2D eigenvalue weighted by atomic mass is 127. The topological polar surface area (TPSA) is 52.6 Å². The van der Waals surface area contributed by atoms with Gasteiger partial charge in [-0.1, -0.05) is 6.07 Å². The summed E-state index contributed by atoms with van der Waals surface area (Å²) in [6.45, 7) is 6.30. The quantitative estimate of drug-likeness (QED) is 0.217. The Kier molecular flexibility index (Phi) is 10.7. The van der Waals surface area contributed by atoms with Gasteiger partial charge in [0.1, 0.15) is 0 Å². The fourth-order valence-corrected chi connectivity index (χ4v) is 5.16. The van der Waals surface area contributed by atoms with E-state index in [0.717, 1.165) is 44.0 Å². The van der Waals surface area contributed by atoms with Crippen LogP contribution in [0, 0.1) is 6.92 Å². The summed E-state index contributed by atoms with van der Waals surface area (Å²) in [6.07, 6.45) is 5.98. The van der Waals surface area contributed by atoms with Crippen molar-refractivity contribution in [3.05, 3.63) is 38.5 Å². The van der Waals surface area contributed by atoms with Crippen LogP contribution in [0.4, 0.5) is 0 Å². The maximum absolute atomic E-state index is 4.53. The summed E-state index contributed by atoms with van der Waals surface area (Å²) < 4.78 is 0. The number of unbranched alkanes of at least 4 members (excludes halogenated alkanes) is 1. The van der Waals surface area contributed by atoms with Crippen molar-refractivity contribution in [1.82, 2.24) is 20.5 Å². The number of aromatic nitrogens is 1. The number of nitrogens with one attached hydrogen (secondary N) is 2. The molecule has 0 amide bonds. The van der Waals surface area contributed by atoms with Gasteiger partial charge < -0.3 is 10.6 Å². The van der Waals surface area contributed by atoms with E-state index in [1.54, 1.807) is 11.3 Å². The molecular formula is C20H32IN5S2. The number of aliphatic imine (C=N–C) groups is 1. The van der Waals surface area contributed by atoms with Crippen LogP contribution in [0.2, 0.25) is 0 Å². The Balaban J connectivity index is 0.00000280. The minimum absolute atomic E-state index is 0. The Bertz CT molecular complexity index is 695. The highest BCUT2D eigenvalue weighted by Gasteiger charge is 2.24. The first kappa shape index (κ1) is 23.6. The molecule has 2 N–H and O–H groups in total. The second-order valence-electron chi connectivity index (χ2n) is 6.99. The lowest BCUT2D eigenvalue weighted by Gasteiger charge is -2.27. The maximum atomic E-state index is 4.53. The van der Waals surface area contributed by atoms with Gasteiger partial charge in [0.25, 0.3) is 0 Å². The van der Waals surface area contributed by atoms with Gasteiger partial charge in [0.05, 0.1) is 11.0 Å². The highest BCUT2D eigenvalue weighted by Crippen LogP contribution is 2.27. The monoisotopic (exact) mass is 533 g/mol. The number of likely N-dealkylation sites (tertiary alicyclic amines) is 1. The summed E-state index contributed by atoms with van der Waals surface area (Å²) in [5, 5.41) is 12.6. The first-order valence-electron chi connectivity index (χ1n) is 9.89. The molecule has 0 saturated carbocycles. The fourth-order valence-electron chi connectivity index (χ4n) is 3.48. The number of hydrogen-bond donors (Lipinski definition) is 2. The number of guanidine groups is 1. The van der Waals surface area contributed by atoms with Crippen molar-refractivity contribution >= 4 is 52.6 Å². The molecule has 0 aromatic carbocycles. The number of thiophene rings is 1. The lowest BCUT2D eigenvalue weighted by molar-refractivity contribution is 0.249. The molecule has 1 fully saturated rings. The zero-order valence-electron chi connectivity index (χ0n) is 16.8. The number of hydrogen-bond acceptors (Lipinski definition) is 5. The summed E-state index contributed by atoms with van der Waals surface area (Å²) in [5.74, 6) is 0.904. The predicted octanol–water partition coefficient (Wildman–Crippen LogP) is 4.46. The third-order valence-corrected chi connectivity index (χ3v) is 6.92. The van der Waals surface area contributed by atoms with Gasteiger partial charge >= 0.3 is 0 Å². The molecule has 3 rings (SSSR count). The van der Waals surface area contributed by atoms with Gasteiger partial charge in [-0.15, -0.1) is 46.7 Å². The molecule has 1 aliphatic heterocycles. The fraction of sp³-hybridized carbons (Fsp3) is 0.600. The van der Waals surface area contributed by atoms with Gasteiger partial charge in [0.15, 0.2) is 5.96 Å². The summed E-state index contributed by atoms with van der Waals surface area (Å²) in [6, 6.07) is 4.85. The Morgan fingerprint density at radius 3 is 2.71 bits per heavy atom. The highest BCUT2D eigenvalue weighted by molar-refractivity contribution is 14.0. The molecule has 8 heteroatoms. The molecular weight excluding hydrogens is 501 g/mol. The Labute approximate surface area is 194 Å². The molecule has 0 radical (unpaired) electrons. The first-order valence-corrected chi connectivity index (χ1v) is 11.6. The van der Waals surface area contributed by atoms with E-state index in [1.165, 1.54) is 35.8 Å². The molecule has 0 bridgehead atoms. The molecule has 3 heterocycles. The molecule has 0 aliphatic carbocycles. The predicted molar refractivity (Wildman–Crippen MR) is 132 cm³/mol. The zero-order chi connectivity index (χ0) is 18.9. The summed E-state index contributed by atoms with van der Waals surface area (Å²) in [7, 11) is 1.85. The third-order valence-electron chi connectivity index (χ3n) is 4.92. The second kappa shape index (κ2) is 12.8. The van der Waals surface area contributed by atoms with E-state index in [2.05, 4.69) is 55.3 Å². The van der Waals surface area contributed by atoms with Gasteiger partial charge in [-0.3, -0.25) is 9.89 Å². The van der Waals surface area contributed by atoms with Crippen LogP contribution in [0.1, 0.15) is 47.3 Å². The average molecular weight is 534 g/mol. The molecule has 2 aromatic heterocycles. The van der Waals surface area contributed by atoms with Crippen molar-refractivity contribution in [2.75, 3.05) is 33.2 Å². The molecule has 156 valence electrons. The van der Waals surface area contributed by atoms with Crippen molar-refractivity contribution < 1.29 is 0 Å². The van der Waals surface area contributed by atoms with Gasteiger partial charge in [-0.05, 0) is 63.6 Å². The summed E-state index contributed by atoms with van der Waals surface area (Å²) in [5.41, 5.74) is 1.14. The van der Waals surface area contributed by atoms with E-state index in [9.17, 15) is 0 Å². The third kappa shape index (κ3) is 7.27. The van der Waals surface area contributed by atoms with Crippen LogP contribution >= 0.6 is 46.7 Å². The van der Waals surface area contributed by atoms with Gasteiger partial charge in [-0.2, -0.15) is 0 Å². The summed E-state index contributed by atoms with van der Waals surface area (Å²) in [4.78, 5) is 13.0. The van der Waals surface area contributed by atoms with E-state index in [0.29, 0.717) is 6.04 Å². The standard InChI is InChI=1S/C20H31N5S2.HI/c1-16-15-27-19(24-16)9-3-4-10-22-20(21-2)23-14-17(18-8-7-13-26-18)25-11-5-6-12-25;/h7-8,13,15,17H,3-6,9-12,14H2,1-2H3,(H2,21,22,23);1H. The minimum atomic E-state index is 0. The van der Waals surface area contributed by atoms with Crippen LogP contribution in [0.5, 0.6) is 0 Å². The number of halogens is 1. The van der Waals surface area contributed by atoms with Crippen LogP contribution in [-0.2, 0) is 6.42 Å². The zero-order valence-corrected chi connectivity index (χ0v) is 20.8. The Hall–Kier alpha value is -0.710. The van der Waals surface area contributed by atoms with Crippen molar-refractivity contribution in [2.45, 2.75) is 45.1 Å². The normalized spacial score (nSPS) is 16.0. The maximum Gasteiger partial charge on any atom is 0.191 e. The lowest BCUT2D eigenvalue weighted by Crippen LogP contribution is -2.42. The second-order valence-corrected chi connectivity index (χ2v) is 8.92. The van der Waals surface area contributed by atoms with E-state index >= 15 is 0 Å². The SMILES string of the molecule is CN=C(NCCCCc1nc(C)cs1)NCC(c1cccs1)N1CCCC1.I. The number of thiazole rings is 1. The average Bonchev–Trinajstić information content (AvgIpc) is 3.43. The van der Waals surface area contributed by atoms with Gasteiger partial charge in [-0.25, -0.2) is 4.98 Å². The number of rotatable bonds is 9. The van der Waals surface area contributed by atoms with Gasteiger partial charge in [0.2, 0.25) is 0 Å². The molecule has 1 aliphatic rings. The Morgan fingerprint density at radius 1 is 1.25 bits per heavy atom. The molecule has 2 aromatic rings.